The molecule has 1 unspecified atom stereocenters. The Bertz CT molecular complexity index is 1150. The van der Waals surface area contributed by atoms with Crippen LogP contribution in [0.25, 0.3) is 11.0 Å². The average Bonchev–Trinajstić information content (AvgIpc) is 2.66. The van der Waals surface area contributed by atoms with Gasteiger partial charge in [0.25, 0.3) is 0 Å². The number of rotatable bonds is 6. The number of carbonyl (C=O) groups is 2. The lowest BCUT2D eigenvalue weighted by molar-refractivity contribution is -0.133. The van der Waals surface area contributed by atoms with Crippen molar-refractivity contribution in [1.82, 2.24) is 5.32 Å². The Morgan fingerprint density at radius 2 is 1.83 bits per heavy atom. The molecule has 1 aliphatic heterocycles. The maximum atomic E-state index is 13.3. The maximum Gasteiger partial charge on any atom is 0.334 e. The highest BCUT2D eigenvalue weighted by molar-refractivity contribution is 6.04. The summed E-state index contributed by atoms with van der Waals surface area (Å²) in [5, 5.41) is 13.4. The number of carboxylic acid groups (broad SMARTS) is 1. The summed E-state index contributed by atoms with van der Waals surface area (Å²) < 4.78 is 5.89. The molecule has 158 valence electrons. The van der Waals surface area contributed by atoms with Gasteiger partial charge in [-0.15, -0.1) is 0 Å². The number of ketones is 1. The smallest absolute Gasteiger partial charge is 0.334 e. The van der Waals surface area contributed by atoms with Crippen LogP contribution in [0.3, 0.4) is 0 Å². The van der Waals surface area contributed by atoms with E-state index in [1.165, 1.54) is 6.07 Å². The molecule has 30 heavy (non-hydrogen) atoms. The molecule has 0 saturated carbocycles. The van der Waals surface area contributed by atoms with E-state index >= 15 is 0 Å². The van der Waals surface area contributed by atoms with E-state index in [-0.39, 0.29) is 22.7 Å². The van der Waals surface area contributed by atoms with E-state index < -0.39 is 11.9 Å². The fourth-order valence-electron chi connectivity index (χ4n) is 4.07. The number of para-hydroxylation sites is 1. The zero-order valence-electron chi connectivity index (χ0n) is 18.0. The number of aryl methyl sites for hydroxylation is 1. The van der Waals surface area contributed by atoms with Gasteiger partial charge in [0.05, 0.1) is 16.9 Å². The molecule has 2 N–H and O–H groups in total. The van der Waals surface area contributed by atoms with Crippen molar-refractivity contribution in [2.45, 2.75) is 53.4 Å². The SMILES string of the molecule is CCC(C)CC(=O)C1=C(C)NC(C)=C(C(=O)O)[C@@H]1c1cccc2c(=O)cc(C)oc12. The highest BCUT2D eigenvalue weighted by Gasteiger charge is 2.37. The molecule has 2 atom stereocenters. The minimum atomic E-state index is -1.11. The second-order valence-electron chi connectivity index (χ2n) is 8.03. The molecular formula is C24H27NO5. The molecule has 0 radical (unpaired) electrons. The van der Waals surface area contributed by atoms with Crippen LogP contribution in [0.4, 0.5) is 0 Å². The Morgan fingerprint density at radius 1 is 1.17 bits per heavy atom. The first-order valence-corrected chi connectivity index (χ1v) is 10.1. The van der Waals surface area contributed by atoms with Crippen molar-refractivity contribution in [3.63, 3.8) is 0 Å². The van der Waals surface area contributed by atoms with Crippen LogP contribution in [0.5, 0.6) is 0 Å². The van der Waals surface area contributed by atoms with E-state index in [0.717, 1.165) is 6.42 Å². The normalized spacial score (nSPS) is 17.8. The summed E-state index contributed by atoms with van der Waals surface area (Å²) in [7, 11) is 0. The second-order valence-corrected chi connectivity index (χ2v) is 8.03. The molecule has 6 heteroatoms. The summed E-state index contributed by atoms with van der Waals surface area (Å²) >= 11 is 0. The molecule has 0 aliphatic carbocycles. The highest BCUT2D eigenvalue weighted by atomic mass is 16.4. The van der Waals surface area contributed by atoms with Gasteiger partial charge in [0.2, 0.25) is 0 Å². The molecule has 2 aromatic rings. The van der Waals surface area contributed by atoms with E-state index in [1.807, 2.05) is 13.8 Å². The van der Waals surface area contributed by atoms with Gasteiger partial charge in [0.1, 0.15) is 11.3 Å². The van der Waals surface area contributed by atoms with Crippen molar-refractivity contribution in [1.29, 1.82) is 0 Å². The van der Waals surface area contributed by atoms with Crippen molar-refractivity contribution in [3.05, 3.63) is 68.4 Å². The van der Waals surface area contributed by atoms with Crippen LogP contribution < -0.4 is 10.7 Å². The van der Waals surface area contributed by atoms with Crippen molar-refractivity contribution in [2.75, 3.05) is 0 Å². The van der Waals surface area contributed by atoms with Crippen LogP contribution in [0.2, 0.25) is 0 Å². The van der Waals surface area contributed by atoms with Gasteiger partial charge in [-0.05, 0) is 32.8 Å². The van der Waals surface area contributed by atoms with Crippen molar-refractivity contribution >= 4 is 22.7 Å². The number of benzene rings is 1. The molecule has 3 rings (SSSR count). The molecule has 0 spiro atoms. The third kappa shape index (κ3) is 3.82. The molecular weight excluding hydrogens is 382 g/mol. The Kier molecular flexibility index (Phi) is 5.97. The van der Waals surface area contributed by atoms with Crippen LogP contribution >= 0.6 is 0 Å². The zero-order chi connectivity index (χ0) is 22.2. The second kappa shape index (κ2) is 8.30. The van der Waals surface area contributed by atoms with Gasteiger partial charge in [-0.3, -0.25) is 9.59 Å². The topological polar surface area (TPSA) is 96.6 Å². The van der Waals surface area contributed by atoms with Gasteiger partial charge < -0.3 is 14.8 Å². The van der Waals surface area contributed by atoms with Crippen LogP contribution in [-0.4, -0.2) is 16.9 Å². The lowest BCUT2D eigenvalue weighted by Gasteiger charge is -2.30. The number of dihydropyridines is 1. The minimum Gasteiger partial charge on any atom is -0.478 e. The number of nitrogens with one attached hydrogen (secondary N) is 1. The number of aliphatic carboxylic acids is 1. The highest BCUT2D eigenvalue weighted by Crippen LogP contribution is 2.41. The summed E-state index contributed by atoms with van der Waals surface area (Å²) in [5.41, 5.74) is 2.23. The van der Waals surface area contributed by atoms with Crippen LogP contribution in [0.15, 0.2) is 56.0 Å². The summed E-state index contributed by atoms with van der Waals surface area (Å²) in [6.07, 6.45) is 1.17. The number of Topliss-reactive ketones (excluding diaryl/α,β-unsaturated/α-hetero) is 1. The Morgan fingerprint density at radius 3 is 2.47 bits per heavy atom. The number of carboxylic acids is 1. The summed E-state index contributed by atoms with van der Waals surface area (Å²) in [5.74, 6) is -1.43. The van der Waals surface area contributed by atoms with Crippen LogP contribution in [0.1, 0.15) is 57.8 Å². The molecule has 1 aliphatic rings. The number of carbonyl (C=O) groups excluding carboxylic acids is 1. The monoisotopic (exact) mass is 409 g/mol. The minimum absolute atomic E-state index is 0.0877. The number of allylic oxidation sites excluding steroid dienone is 3. The molecule has 0 saturated heterocycles. The fourth-order valence-corrected chi connectivity index (χ4v) is 4.07. The molecule has 2 heterocycles. The van der Waals surface area contributed by atoms with Crippen LogP contribution in [-0.2, 0) is 9.59 Å². The molecule has 6 nitrogen and oxygen atoms in total. The first kappa shape index (κ1) is 21.6. The summed E-state index contributed by atoms with van der Waals surface area (Å²) in [4.78, 5) is 38.0. The maximum absolute atomic E-state index is 13.3. The first-order chi connectivity index (χ1) is 14.1. The third-order valence-electron chi connectivity index (χ3n) is 5.74. The molecule has 0 amide bonds. The lowest BCUT2D eigenvalue weighted by atomic mass is 9.77. The number of hydrogen-bond acceptors (Lipinski definition) is 5. The molecule has 1 aromatic carbocycles. The Balaban J connectivity index is 2.32. The zero-order valence-corrected chi connectivity index (χ0v) is 18.0. The predicted molar refractivity (Wildman–Crippen MR) is 115 cm³/mol. The molecule has 1 aromatic heterocycles. The van der Waals surface area contributed by atoms with E-state index in [9.17, 15) is 19.5 Å². The van der Waals surface area contributed by atoms with Gasteiger partial charge >= 0.3 is 5.97 Å². The largest absolute Gasteiger partial charge is 0.478 e. The van der Waals surface area contributed by atoms with E-state index in [4.69, 9.17) is 4.42 Å². The third-order valence-corrected chi connectivity index (χ3v) is 5.74. The first-order valence-electron chi connectivity index (χ1n) is 10.1. The van der Waals surface area contributed by atoms with Crippen molar-refractivity contribution in [2.24, 2.45) is 5.92 Å². The van der Waals surface area contributed by atoms with Gasteiger partial charge in [-0.2, -0.15) is 0 Å². The summed E-state index contributed by atoms with van der Waals surface area (Å²) in [6, 6.07) is 6.50. The number of hydrogen-bond donors (Lipinski definition) is 2. The number of fused-ring (bicyclic) bond motifs is 1. The van der Waals surface area contributed by atoms with E-state index in [2.05, 4.69) is 5.32 Å². The van der Waals surface area contributed by atoms with Crippen molar-refractivity contribution < 1.29 is 19.1 Å². The average molecular weight is 409 g/mol. The van der Waals surface area contributed by atoms with Crippen molar-refractivity contribution in [3.8, 4) is 0 Å². The van der Waals surface area contributed by atoms with Gasteiger partial charge in [0, 0.05) is 35.0 Å². The van der Waals surface area contributed by atoms with E-state index in [0.29, 0.717) is 45.7 Å². The van der Waals surface area contributed by atoms with Gasteiger partial charge in [-0.1, -0.05) is 32.4 Å². The van der Waals surface area contributed by atoms with Crippen LogP contribution in [0, 0.1) is 12.8 Å². The van der Waals surface area contributed by atoms with Gasteiger partial charge in [0.15, 0.2) is 11.2 Å². The fraction of sp³-hybridized carbons (Fsp3) is 0.375. The van der Waals surface area contributed by atoms with E-state index in [1.54, 1.807) is 39.0 Å². The quantitative estimate of drug-likeness (QED) is 0.733. The molecule has 0 fully saturated rings. The lowest BCUT2D eigenvalue weighted by Crippen LogP contribution is -2.31. The Hall–Kier alpha value is -3.15. The predicted octanol–water partition coefficient (Wildman–Crippen LogP) is 4.43. The molecule has 0 bridgehead atoms. The Labute approximate surface area is 175 Å². The summed E-state index contributed by atoms with van der Waals surface area (Å²) in [6.45, 7) is 9.16. The van der Waals surface area contributed by atoms with Gasteiger partial charge in [-0.25, -0.2) is 4.79 Å². The standard InChI is InChI=1S/C24H27NO5/c1-6-12(2)10-19(27)20-14(4)25-15(5)21(24(28)29)22(20)17-9-7-8-16-18(26)11-13(3)30-23(16)17/h7-9,11-12,22,25H,6,10H2,1-5H3,(H,28,29)/t12?,22-/m1/s1.